The van der Waals surface area contributed by atoms with Gasteiger partial charge in [-0.2, -0.15) is 8.78 Å². The summed E-state index contributed by atoms with van der Waals surface area (Å²) in [6.45, 7) is 1.33. The van der Waals surface area contributed by atoms with Crippen molar-refractivity contribution in [2.24, 2.45) is 0 Å². The number of rotatable bonds is 2. The summed E-state index contributed by atoms with van der Waals surface area (Å²) in [5.74, 6) is -5.84. The Morgan fingerprint density at radius 3 is 2.22 bits per heavy atom. The van der Waals surface area contributed by atoms with Gasteiger partial charge in [0.1, 0.15) is 0 Å². The van der Waals surface area contributed by atoms with Crippen molar-refractivity contribution in [1.82, 2.24) is 0 Å². The molecule has 0 rings (SSSR count). The molecule has 0 aliphatic rings. The smallest absolute Gasteiger partial charge is 0.378 e. The Labute approximate surface area is 50.8 Å². The Hall–Kier alpha value is -0.930. The number of aliphatic carboxylic acids is 1. The molecule has 1 N–H and O–H groups in total. The minimum atomic E-state index is -3.71. The van der Waals surface area contributed by atoms with E-state index in [1.165, 1.54) is 6.92 Å². The molecule has 9 heavy (non-hydrogen) atoms. The molecule has 52 valence electrons. The second-order valence-electron chi connectivity index (χ2n) is 1.43. The van der Waals surface area contributed by atoms with E-state index in [0.717, 1.165) is 6.08 Å². The van der Waals surface area contributed by atoms with Crippen LogP contribution in [-0.4, -0.2) is 17.0 Å². The first kappa shape index (κ1) is 8.07. The summed E-state index contributed by atoms with van der Waals surface area (Å²) >= 11 is 0. The fraction of sp³-hybridized carbons (Fsp3) is 0.400. The molecule has 0 unspecified atom stereocenters. The fourth-order valence-electron chi connectivity index (χ4n) is 0.281. The standard InChI is InChI=1S/C5H6F2O2/c1-2-3-5(6,7)4(8)9/h2-3H,1H3,(H,8,9). The van der Waals surface area contributed by atoms with E-state index < -0.39 is 11.9 Å². The van der Waals surface area contributed by atoms with E-state index in [0.29, 0.717) is 6.08 Å². The van der Waals surface area contributed by atoms with E-state index in [2.05, 4.69) is 0 Å². The largest absolute Gasteiger partial charge is 0.477 e. The number of carboxylic acid groups (broad SMARTS) is 1. The van der Waals surface area contributed by atoms with Crippen LogP contribution in [0.3, 0.4) is 0 Å². The Morgan fingerprint density at radius 2 is 2.11 bits per heavy atom. The second kappa shape index (κ2) is 2.57. The quantitative estimate of drug-likeness (QED) is 0.580. The first-order chi connectivity index (χ1) is 4.00. The molecule has 0 fully saturated rings. The van der Waals surface area contributed by atoms with Crippen molar-refractivity contribution >= 4 is 5.97 Å². The number of carboxylic acids is 1. The number of carbonyl (C=O) groups is 1. The molecule has 0 aromatic heterocycles. The maximum atomic E-state index is 11.9. The van der Waals surface area contributed by atoms with Gasteiger partial charge in [0.2, 0.25) is 0 Å². The maximum absolute atomic E-state index is 11.9. The molecule has 2 nitrogen and oxygen atoms in total. The van der Waals surface area contributed by atoms with Gasteiger partial charge in [-0.15, -0.1) is 0 Å². The fourth-order valence-corrected chi connectivity index (χ4v) is 0.281. The third kappa shape index (κ3) is 2.21. The molecule has 0 aliphatic heterocycles. The SMILES string of the molecule is CC=CC(F)(F)C(=O)O. The van der Waals surface area contributed by atoms with Crippen molar-refractivity contribution < 1.29 is 18.7 Å². The third-order valence-electron chi connectivity index (χ3n) is 0.661. The molecule has 0 radical (unpaired) electrons. The van der Waals surface area contributed by atoms with Crippen LogP contribution in [0.25, 0.3) is 0 Å². The van der Waals surface area contributed by atoms with E-state index in [4.69, 9.17) is 5.11 Å². The first-order valence-corrected chi connectivity index (χ1v) is 2.26. The molecule has 0 aliphatic carbocycles. The second-order valence-corrected chi connectivity index (χ2v) is 1.43. The summed E-state index contributed by atoms with van der Waals surface area (Å²) in [6.07, 6.45) is 1.32. The molecule has 0 aromatic carbocycles. The van der Waals surface area contributed by atoms with Gasteiger partial charge in [-0.05, 0) is 13.0 Å². The van der Waals surface area contributed by atoms with Crippen molar-refractivity contribution in [3.63, 3.8) is 0 Å². The summed E-state index contributed by atoms with van der Waals surface area (Å²) in [5, 5.41) is 7.77. The summed E-state index contributed by atoms with van der Waals surface area (Å²) in [5.41, 5.74) is 0. The average molecular weight is 136 g/mol. The Bertz CT molecular complexity index is 140. The Morgan fingerprint density at radius 1 is 1.67 bits per heavy atom. The van der Waals surface area contributed by atoms with Crippen LogP contribution < -0.4 is 0 Å². The van der Waals surface area contributed by atoms with Crippen molar-refractivity contribution in [1.29, 1.82) is 0 Å². The predicted octanol–water partition coefficient (Wildman–Crippen LogP) is 1.28. The van der Waals surface area contributed by atoms with Gasteiger partial charge in [-0.25, -0.2) is 4.79 Å². The van der Waals surface area contributed by atoms with Crippen LogP contribution in [0, 0.1) is 0 Å². The summed E-state index contributed by atoms with van der Waals surface area (Å²) < 4.78 is 23.7. The molecule has 0 spiro atoms. The zero-order valence-corrected chi connectivity index (χ0v) is 4.77. The number of allylic oxidation sites excluding steroid dienone is 1. The van der Waals surface area contributed by atoms with Gasteiger partial charge < -0.3 is 5.11 Å². The lowest BCUT2D eigenvalue weighted by Gasteiger charge is -2.02. The highest BCUT2D eigenvalue weighted by Crippen LogP contribution is 2.14. The zero-order chi connectivity index (χ0) is 7.49. The minimum absolute atomic E-state index is 0.329. The Balaban J connectivity index is 4.19. The van der Waals surface area contributed by atoms with Gasteiger partial charge in [0.15, 0.2) is 0 Å². The van der Waals surface area contributed by atoms with Crippen molar-refractivity contribution in [3.8, 4) is 0 Å². The topological polar surface area (TPSA) is 37.3 Å². The van der Waals surface area contributed by atoms with Crippen molar-refractivity contribution in [2.45, 2.75) is 12.8 Å². The van der Waals surface area contributed by atoms with Crippen LogP contribution in [0.5, 0.6) is 0 Å². The van der Waals surface area contributed by atoms with Gasteiger partial charge in [-0.1, -0.05) is 6.08 Å². The van der Waals surface area contributed by atoms with E-state index >= 15 is 0 Å². The number of halogens is 2. The van der Waals surface area contributed by atoms with Crippen LogP contribution in [0.15, 0.2) is 12.2 Å². The summed E-state index contributed by atoms with van der Waals surface area (Å²) in [7, 11) is 0. The van der Waals surface area contributed by atoms with Crippen LogP contribution >= 0.6 is 0 Å². The molecule has 0 aromatic rings. The lowest BCUT2D eigenvalue weighted by molar-refractivity contribution is -0.158. The lowest BCUT2D eigenvalue weighted by atomic mass is 10.3. The van der Waals surface area contributed by atoms with Gasteiger partial charge in [0.25, 0.3) is 0 Å². The number of alkyl halides is 2. The summed E-state index contributed by atoms with van der Waals surface area (Å²) in [4.78, 5) is 9.61. The number of hydrogen-bond donors (Lipinski definition) is 1. The molecule has 0 bridgehead atoms. The van der Waals surface area contributed by atoms with Crippen LogP contribution in [0.4, 0.5) is 8.78 Å². The van der Waals surface area contributed by atoms with Crippen LogP contribution in [-0.2, 0) is 4.79 Å². The molecule has 0 saturated carbocycles. The van der Waals surface area contributed by atoms with Crippen LogP contribution in [0.2, 0.25) is 0 Å². The number of hydrogen-bond acceptors (Lipinski definition) is 1. The van der Waals surface area contributed by atoms with Gasteiger partial charge in [0.05, 0.1) is 0 Å². The Kier molecular flexibility index (Phi) is 2.30. The van der Waals surface area contributed by atoms with E-state index in [1.807, 2.05) is 0 Å². The third-order valence-corrected chi connectivity index (χ3v) is 0.661. The van der Waals surface area contributed by atoms with E-state index in [1.54, 1.807) is 0 Å². The van der Waals surface area contributed by atoms with E-state index in [-0.39, 0.29) is 0 Å². The predicted molar refractivity (Wildman–Crippen MR) is 27.4 cm³/mol. The highest BCUT2D eigenvalue weighted by atomic mass is 19.3. The highest BCUT2D eigenvalue weighted by molar-refractivity contribution is 5.77. The molecular weight excluding hydrogens is 130 g/mol. The maximum Gasteiger partial charge on any atom is 0.378 e. The normalized spacial score (nSPS) is 12.3. The van der Waals surface area contributed by atoms with Gasteiger partial charge >= 0.3 is 11.9 Å². The molecule has 0 saturated heterocycles. The summed E-state index contributed by atoms with van der Waals surface area (Å²) in [6, 6.07) is 0. The monoisotopic (exact) mass is 136 g/mol. The molecule has 0 heterocycles. The first-order valence-electron chi connectivity index (χ1n) is 2.26. The minimum Gasteiger partial charge on any atom is -0.477 e. The molecule has 0 atom stereocenters. The molecular formula is C5H6F2O2. The lowest BCUT2D eigenvalue weighted by Crippen LogP contribution is -2.24. The molecule has 0 amide bonds. The molecule has 4 heteroatoms. The van der Waals surface area contributed by atoms with Gasteiger partial charge in [-0.3, -0.25) is 0 Å². The van der Waals surface area contributed by atoms with Gasteiger partial charge in [0, 0.05) is 0 Å². The van der Waals surface area contributed by atoms with E-state index in [9.17, 15) is 13.6 Å². The highest BCUT2D eigenvalue weighted by Gasteiger charge is 2.34. The van der Waals surface area contributed by atoms with Crippen molar-refractivity contribution in [2.75, 3.05) is 0 Å². The van der Waals surface area contributed by atoms with Crippen molar-refractivity contribution in [3.05, 3.63) is 12.2 Å². The average Bonchev–Trinajstić information content (AvgIpc) is 1.65. The zero-order valence-electron chi connectivity index (χ0n) is 4.77. The van der Waals surface area contributed by atoms with Crippen LogP contribution in [0.1, 0.15) is 6.92 Å².